The molecule has 1 rings (SSSR count). The predicted molar refractivity (Wildman–Crippen MR) is 60.3 cm³/mol. The van der Waals surface area contributed by atoms with Gasteiger partial charge in [-0.05, 0) is 30.7 Å². The lowest BCUT2D eigenvalue weighted by Crippen LogP contribution is -2.32. The first-order valence-electron chi connectivity index (χ1n) is 5.84. The normalized spacial score (nSPS) is 26.8. The highest BCUT2D eigenvalue weighted by atomic mass is 16.3. The maximum absolute atomic E-state index is 9.57. The maximum atomic E-state index is 9.57. The van der Waals surface area contributed by atoms with Crippen molar-refractivity contribution in [2.24, 2.45) is 11.3 Å². The summed E-state index contributed by atoms with van der Waals surface area (Å²) < 4.78 is 0. The van der Waals surface area contributed by atoms with Crippen LogP contribution in [0.3, 0.4) is 0 Å². The number of likely N-dealkylation sites (tertiary alicyclic amines) is 1. The molecule has 0 bridgehead atoms. The molecule has 0 saturated carbocycles. The molecule has 1 fully saturated rings. The fourth-order valence-corrected chi connectivity index (χ4v) is 2.13. The number of aliphatic hydroxyl groups excluding tert-OH is 1. The first-order chi connectivity index (χ1) is 6.43. The summed E-state index contributed by atoms with van der Waals surface area (Å²) >= 11 is 0. The van der Waals surface area contributed by atoms with E-state index in [4.69, 9.17) is 0 Å². The molecule has 0 aromatic rings. The zero-order valence-electron chi connectivity index (χ0n) is 10.1. The van der Waals surface area contributed by atoms with E-state index in [1.807, 2.05) is 6.92 Å². The van der Waals surface area contributed by atoms with Gasteiger partial charge >= 0.3 is 0 Å². The molecule has 0 aliphatic carbocycles. The molecule has 2 atom stereocenters. The number of hydrogen-bond donors (Lipinski definition) is 1. The molecule has 1 heterocycles. The highest BCUT2D eigenvalue weighted by Gasteiger charge is 2.31. The van der Waals surface area contributed by atoms with Gasteiger partial charge in [0.25, 0.3) is 0 Å². The third-order valence-corrected chi connectivity index (χ3v) is 3.44. The summed E-state index contributed by atoms with van der Waals surface area (Å²) in [6.45, 7) is 12.2. The fraction of sp³-hybridized carbons (Fsp3) is 1.00. The van der Waals surface area contributed by atoms with Crippen molar-refractivity contribution in [1.82, 2.24) is 4.90 Å². The van der Waals surface area contributed by atoms with Gasteiger partial charge in [0.15, 0.2) is 0 Å². The van der Waals surface area contributed by atoms with Crippen LogP contribution in [0.25, 0.3) is 0 Å². The largest absolute Gasteiger partial charge is 0.392 e. The number of nitrogens with zero attached hydrogens (tertiary/aromatic N) is 1. The van der Waals surface area contributed by atoms with Crippen LogP contribution in [-0.2, 0) is 0 Å². The van der Waals surface area contributed by atoms with Crippen molar-refractivity contribution >= 4 is 0 Å². The zero-order valence-corrected chi connectivity index (χ0v) is 10.1. The first kappa shape index (κ1) is 12.0. The lowest BCUT2D eigenvalue weighted by Gasteiger charge is -2.27. The van der Waals surface area contributed by atoms with Crippen molar-refractivity contribution in [1.29, 1.82) is 0 Å². The van der Waals surface area contributed by atoms with E-state index in [-0.39, 0.29) is 6.10 Å². The zero-order chi connectivity index (χ0) is 10.8. The first-order valence-corrected chi connectivity index (χ1v) is 5.84. The smallest absolute Gasteiger partial charge is 0.0664 e. The van der Waals surface area contributed by atoms with Gasteiger partial charge in [0, 0.05) is 13.1 Å². The summed E-state index contributed by atoms with van der Waals surface area (Å²) in [4.78, 5) is 2.41. The molecule has 2 unspecified atom stereocenters. The van der Waals surface area contributed by atoms with Gasteiger partial charge in [-0.25, -0.2) is 0 Å². The molecule has 14 heavy (non-hydrogen) atoms. The average Bonchev–Trinajstić information content (AvgIpc) is 2.51. The summed E-state index contributed by atoms with van der Waals surface area (Å²) in [7, 11) is 0. The van der Waals surface area contributed by atoms with Gasteiger partial charge in [0.05, 0.1) is 6.10 Å². The van der Waals surface area contributed by atoms with Gasteiger partial charge < -0.3 is 10.0 Å². The number of rotatable bonds is 3. The molecule has 1 saturated heterocycles. The van der Waals surface area contributed by atoms with Crippen LogP contribution in [0, 0.1) is 11.3 Å². The van der Waals surface area contributed by atoms with Gasteiger partial charge in [-0.3, -0.25) is 0 Å². The van der Waals surface area contributed by atoms with Crippen LogP contribution in [0.2, 0.25) is 0 Å². The summed E-state index contributed by atoms with van der Waals surface area (Å²) in [5.41, 5.74) is 0.423. The Balaban J connectivity index is 2.34. The Kier molecular flexibility index (Phi) is 3.96. The van der Waals surface area contributed by atoms with Crippen molar-refractivity contribution < 1.29 is 5.11 Å². The van der Waals surface area contributed by atoms with Gasteiger partial charge in [0.1, 0.15) is 0 Å². The van der Waals surface area contributed by atoms with E-state index in [1.54, 1.807) is 0 Å². The molecule has 2 heteroatoms. The minimum Gasteiger partial charge on any atom is -0.392 e. The Morgan fingerprint density at radius 2 is 2.07 bits per heavy atom. The van der Waals surface area contributed by atoms with Crippen molar-refractivity contribution in [2.75, 3.05) is 19.6 Å². The highest BCUT2D eigenvalue weighted by Crippen LogP contribution is 2.33. The van der Waals surface area contributed by atoms with Crippen LogP contribution in [0.1, 0.15) is 40.5 Å². The summed E-state index contributed by atoms with van der Waals surface area (Å²) in [6.07, 6.45) is 2.03. The summed E-state index contributed by atoms with van der Waals surface area (Å²) in [6, 6.07) is 0. The van der Waals surface area contributed by atoms with Crippen molar-refractivity contribution in [3.8, 4) is 0 Å². The minimum absolute atomic E-state index is 0.131. The monoisotopic (exact) mass is 199 g/mol. The van der Waals surface area contributed by atoms with Crippen LogP contribution in [0.4, 0.5) is 0 Å². The third kappa shape index (κ3) is 3.25. The Labute approximate surface area is 88.3 Å². The van der Waals surface area contributed by atoms with E-state index in [0.717, 1.165) is 18.9 Å². The summed E-state index contributed by atoms with van der Waals surface area (Å²) in [5.74, 6) is 0.798. The minimum atomic E-state index is -0.131. The molecule has 0 aromatic heterocycles. The van der Waals surface area contributed by atoms with Crippen molar-refractivity contribution in [3.63, 3.8) is 0 Å². The molecule has 0 radical (unpaired) electrons. The van der Waals surface area contributed by atoms with E-state index in [0.29, 0.717) is 5.41 Å². The average molecular weight is 199 g/mol. The number of β-amino-alcohol motifs (C(OH)–C–C–N with tert-alkyl or cyclic N) is 1. The molecule has 84 valence electrons. The Morgan fingerprint density at radius 1 is 1.43 bits per heavy atom. The van der Waals surface area contributed by atoms with Crippen LogP contribution in [0.5, 0.6) is 0 Å². The standard InChI is InChI=1S/C12H25NO/c1-5-11(14)9-13-7-6-10(8-13)12(2,3)4/h10-11,14H,5-9H2,1-4H3. The van der Waals surface area contributed by atoms with Crippen LogP contribution in [0.15, 0.2) is 0 Å². The Hall–Kier alpha value is -0.0800. The topological polar surface area (TPSA) is 23.5 Å². The summed E-state index contributed by atoms with van der Waals surface area (Å²) in [5, 5.41) is 9.57. The quantitative estimate of drug-likeness (QED) is 0.752. The van der Waals surface area contributed by atoms with Crippen molar-refractivity contribution in [2.45, 2.75) is 46.6 Å². The van der Waals surface area contributed by atoms with E-state index < -0.39 is 0 Å². The van der Waals surface area contributed by atoms with Gasteiger partial charge in [-0.15, -0.1) is 0 Å². The predicted octanol–water partition coefficient (Wildman–Crippen LogP) is 2.13. The van der Waals surface area contributed by atoms with E-state index in [1.165, 1.54) is 19.5 Å². The second-order valence-electron chi connectivity index (χ2n) is 5.67. The molecule has 0 aromatic carbocycles. The van der Waals surface area contributed by atoms with Gasteiger partial charge in [-0.1, -0.05) is 27.7 Å². The van der Waals surface area contributed by atoms with E-state index >= 15 is 0 Å². The SMILES string of the molecule is CCC(O)CN1CCC(C(C)(C)C)C1. The Bertz CT molecular complexity index is 174. The lowest BCUT2D eigenvalue weighted by atomic mass is 9.80. The third-order valence-electron chi connectivity index (χ3n) is 3.44. The molecule has 0 amide bonds. The molecule has 1 N–H and O–H groups in total. The number of aliphatic hydroxyl groups is 1. The highest BCUT2D eigenvalue weighted by molar-refractivity contribution is 4.84. The van der Waals surface area contributed by atoms with E-state index in [9.17, 15) is 5.11 Å². The molecule has 2 nitrogen and oxygen atoms in total. The second-order valence-corrected chi connectivity index (χ2v) is 5.67. The Morgan fingerprint density at radius 3 is 2.50 bits per heavy atom. The van der Waals surface area contributed by atoms with Crippen LogP contribution >= 0.6 is 0 Å². The molecular formula is C12H25NO. The van der Waals surface area contributed by atoms with Crippen LogP contribution < -0.4 is 0 Å². The second kappa shape index (κ2) is 4.63. The fourth-order valence-electron chi connectivity index (χ4n) is 2.13. The van der Waals surface area contributed by atoms with Gasteiger partial charge in [-0.2, -0.15) is 0 Å². The maximum Gasteiger partial charge on any atom is 0.0664 e. The molecule has 1 aliphatic heterocycles. The molecule has 1 aliphatic rings. The van der Waals surface area contributed by atoms with Gasteiger partial charge in [0.2, 0.25) is 0 Å². The van der Waals surface area contributed by atoms with E-state index in [2.05, 4.69) is 25.7 Å². The molecular weight excluding hydrogens is 174 g/mol. The number of hydrogen-bond acceptors (Lipinski definition) is 2. The lowest BCUT2D eigenvalue weighted by molar-refractivity contribution is 0.115. The van der Waals surface area contributed by atoms with Crippen molar-refractivity contribution in [3.05, 3.63) is 0 Å². The molecule has 0 spiro atoms. The van der Waals surface area contributed by atoms with Crippen LogP contribution in [-0.4, -0.2) is 35.7 Å².